The second kappa shape index (κ2) is 6.22. The predicted molar refractivity (Wildman–Crippen MR) is 54.7 cm³/mol. The van der Waals surface area contributed by atoms with Crippen LogP contribution in [0.1, 0.15) is 32.0 Å². The van der Waals surface area contributed by atoms with Gasteiger partial charge in [-0.25, -0.2) is 4.79 Å². The zero-order valence-corrected chi connectivity index (χ0v) is 9.47. The van der Waals surface area contributed by atoms with Gasteiger partial charge >= 0.3 is 5.97 Å². The van der Waals surface area contributed by atoms with Gasteiger partial charge in [-0.1, -0.05) is 19.0 Å². The third-order valence-corrected chi connectivity index (χ3v) is 1.91. The van der Waals surface area contributed by atoms with Crippen molar-refractivity contribution in [1.82, 2.24) is 10.1 Å². The van der Waals surface area contributed by atoms with E-state index in [1.54, 1.807) is 0 Å². The number of aryl methyl sites for hydroxylation is 1. The first-order valence-corrected chi connectivity index (χ1v) is 5.19. The molecule has 0 radical (unpaired) electrons. The molecule has 0 fully saturated rings. The fourth-order valence-corrected chi connectivity index (χ4v) is 1.09. The Morgan fingerprint density at radius 3 is 2.94 bits per heavy atom. The summed E-state index contributed by atoms with van der Waals surface area (Å²) in [6.45, 7) is 3.93. The van der Waals surface area contributed by atoms with E-state index >= 15 is 0 Å². The lowest BCUT2D eigenvalue weighted by Gasteiger charge is -1.98. The Hall–Kier alpha value is -1.43. The molecule has 6 heteroatoms. The number of rotatable bonds is 7. The number of carbonyl (C=O) groups is 1. The highest BCUT2D eigenvalue weighted by Gasteiger charge is 2.07. The van der Waals surface area contributed by atoms with Crippen molar-refractivity contribution in [3.63, 3.8) is 0 Å². The molecule has 0 saturated carbocycles. The lowest BCUT2D eigenvalue weighted by molar-refractivity contribution is -0.142. The number of nitrogens with zero attached hydrogens (tertiary/aromatic N) is 2. The van der Waals surface area contributed by atoms with Gasteiger partial charge in [0.15, 0.2) is 5.82 Å². The van der Waals surface area contributed by atoms with E-state index < -0.39 is 5.97 Å². The molecular weight excluding hydrogens is 212 g/mol. The van der Waals surface area contributed by atoms with Gasteiger partial charge in [-0.2, -0.15) is 4.98 Å². The Kier molecular flexibility index (Phi) is 4.91. The molecule has 0 aliphatic rings. The lowest BCUT2D eigenvalue weighted by Crippen LogP contribution is -2.06. The lowest BCUT2D eigenvalue weighted by atomic mass is 10.1. The van der Waals surface area contributed by atoms with Crippen LogP contribution in [0.2, 0.25) is 0 Å². The summed E-state index contributed by atoms with van der Waals surface area (Å²) < 4.78 is 9.72. The minimum absolute atomic E-state index is 0.0426. The van der Waals surface area contributed by atoms with Gasteiger partial charge in [0.1, 0.15) is 13.2 Å². The summed E-state index contributed by atoms with van der Waals surface area (Å²) >= 11 is 0. The van der Waals surface area contributed by atoms with Gasteiger partial charge in [-0.05, 0) is 12.3 Å². The molecule has 6 nitrogen and oxygen atoms in total. The molecule has 16 heavy (non-hydrogen) atoms. The van der Waals surface area contributed by atoms with Crippen molar-refractivity contribution in [3.8, 4) is 0 Å². The van der Waals surface area contributed by atoms with Crippen LogP contribution in [0.3, 0.4) is 0 Å². The van der Waals surface area contributed by atoms with Gasteiger partial charge < -0.3 is 14.4 Å². The number of hydrogen-bond acceptors (Lipinski definition) is 5. The van der Waals surface area contributed by atoms with Crippen molar-refractivity contribution < 1.29 is 19.2 Å². The van der Waals surface area contributed by atoms with Gasteiger partial charge in [-0.3, -0.25) is 0 Å². The highest BCUT2D eigenvalue weighted by Crippen LogP contribution is 2.06. The Bertz CT molecular complexity index is 335. The van der Waals surface area contributed by atoms with Crippen molar-refractivity contribution in [2.24, 2.45) is 5.92 Å². The Morgan fingerprint density at radius 2 is 2.31 bits per heavy atom. The largest absolute Gasteiger partial charge is 0.480 e. The van der Waals surface area contributed by atoms with Crippen molar-refractivity contribution in [2.45, 2.75) is 33.3 Å². The smallest absolute Gasteiger partial charge is 0.329 e. The van der Waals surface area contributed by atoms with E-state index in [9.17, 15) is 4.79 Å². The predicted octanol–water partition coefficient (Wildman–Crippen LogP) is 1.26. The van der Waals surface area contributed by atoms with Crippen LogP contribution in [0.15, 0.2) is 4.52 Å². The first kappa shape index (κ1) is 12.6. The SMILES string of the molecule is CC(C)CCc1noc(COCC(=O)O)n1. The van der Waals surface area contributed by atoms with E-state index in [2.05, 4.69) is 24.0 Å². The second-order valence-corrected chi connectivity index (χ2v) is 3.92. The molecule has 0 amide bonds. The topological polar surface area (TPSA) is 85.5 Å². The Morgan fingerprint density at radius 1 is 1.56 bits per heavy atom. The van der Waals surface area contributed by atoms with Crippen LogP contribution in [0.4, 0.5) is 0 Å². The highest BCUT2D eigenvalue weighted by molar-refractivity contribution is 5.67. The van der Waals surface area contributed by atoms with E-state index in [1.165, 1.54) is 0 Å². The van der Waals surface area contributed by atoms with Crippen LogP contribution >= 0.6 is 0 Å². The monoisotopic (exact) mass is 228 g/mol. The average molecular weight is 228 g/mol. The summed E-state index contributed by atoms with van der Waals surface area (Å²) in [5, 5.41) is 12.1. The molecule has 0 aliphatic carbocycles. The van der Waals surface area contributed by atoms with Gasteiger partial charge in [0.25, 0.3) is 5.89 Å². The van der Waals surface area contributed by atoms with Crippen LogP contribution in [0.5, 0.6) is 0 Å². The van der Waals surface area contributed by atoms with Gasteiger partial charge in [0.05, 0.1) is 0 Å². The molecule has 0 unspecified atom stereocenters. The molecule has 0 saturated heterocycles. The number of carboxylic acid groups (broad SMARTS) is 1. The number of hydrogen-bond donors (Lipinski definition) is 1. The molecule has 0 atom stereocenters. The van der Waals surface area contributed by atoms with Crippen LogP contribution in [0.25, 0.3) is 0 Å². The Balaban J connectivity index is 2.30. The first-order valence-electron chi connectivity index (χ1n) is 5.19. The van der Waals surface area contributed by atoms with E-state index in [0.29, 0.717) is 17.6 Å². The molecule has 0 aromatic carbocycles. The fourth-order valence-electron chi connectivity index (χ4n) is 1.09. The van der Waals surface area contributed by atoms with E-state index in [0.717, 1.165) is 12.8 Å². The Labute approximate surface area is 93.6 Å². The minimum atomic E-state index is -1.01. The zero-order chi connectivity index (χ0) is 12.0. The molecule has 0 spiro atoms. The second-order valence-electron chi connectivity index (χ2n) is 3.92. The maximum Gasteiger partial charge on any atom is 0.329 e. The van der Waals surface area contributed by atoms with Crippen molar-refractivity contribution >= 4 is 5.97 Å². The third-order valence-electron chi connectivity index (χ3n) is 1.91. The number of aliphatic carboxylic acids is 1. The van der Waals surface area contributed by atoms with Crippen LogP contribution < -0.4 is 0 Å². The highest BCUT2D eigenvalue weighted by atomic mass is 16.5. The molecular formula is C10H16N2O4. The number of aromatic nitrogens is 2. The summed E-state index contributed by atoms with van der Waals surface area (Å²) in [5.41, 5.74) is 0. The van der Waals surface area contributed by atoms with E-state index in [1.807, 2.05) is 0 Å². The molecule has 1 heterocycles. The van der Waals surface area contributed by atoms with Crippen molar-refractivity contribution in [3.05, 3.63) is 11.7 Å². The minimum Gasteiger partial charge on any atom is -0.480 e. The maximum atomic E-state index is 10.2. The molecule has 1 N–H and O–H groups in total. The van der Waals surface area contributed by atoms with Crippen molar-refractivity contribution in [2.75, 3.05) is 6.61 Å². The quantitative estimate of drug-likeness (QED) is 0.756. The average Bonchev–Trinajstić information content (AvgIpc) is 2.62. The molecule has 0 aliphatic heterocycles. The molecule has 1 aromatic rings. The van der Waals surface area contributed by atoms with Gasteiger partial charge in [0, 0.05) is 6.42 Å². The van der Waals surface area contributed by atoms with Crippen LogP contribution in [0, 0.1) is 5.92 Å². The number of carboxylic acids is 1. The molecule has 1 aromatic heterocycles. The summed E-state index contributed by atoms with van der Waals surface area (Å²) in [4.78, 5) is 14.3. The van der Waals surface area contributed by atoms with Gasteiger partial charge in [-0.15, -0.1) is 0 Å². The van der Waals surface area contributed by atoms with Gasteiger partial charge in [0.2, 0.25) is 0 Å². The molecule has 1 rings (SSSR count). The van der Waals surface area contributed by atoms with E-state index in [-0.39, 0.29) is 13.2 Å². The maximum absolute atomic E-state index is 10.2. The van der Waals surface area contributed by atoms with E-state index in [4.69, 9.17) is 14.4 Å². The normalized spacial score (nSPS) is 10.9. The van der Waals surface area contributed by atoms with Crippen LogP contribution in [-0.4, -0.2) is 27.8 Å². The third kappa shape index (κ3) is 4.88. The summed E-state index contributed by atoms with van der Waals surface area (Å²) in [6, 6.07) is 0. The fraction of sp³-hybridized carbons (Fsp3) is 0.700. The summed E-state index contributed by atoms with van der Waals surface area (Å²) in [5.74, 6) is 0.535. The standard InChI is InChI=1S/C10H16N2O4/c1-7(2)3-4-8-11-9(16-12-8)5-15-6-10(13)14/h7H,3-6H2,1-2H3,(H,13,14). The summed E-state index contributed by atoms with van der Waals surface area (Å²) in [7, 11) is 0. The first-order chi connectivity index (χ1) is 7.58. The van der Waals surface area contributed by atoms with Crippen LogP contribution in [-0.2, 0) is 22.6 Å². The number of ether oxygens (including phenoxy) is 1. The zero-order valence-electron chi connectivity index (χ0n) is 9.47. The molecule has 0 bridgehead atoms. The van der Waals surface area contributed by atoms with Crippen molar-refractivity contribution in [1.29, 1.82) is 0 Å². The molecule has 90 valence electrons. The summed E-state index contributed by atoms with van der Waals surface area (Å²) in [6.07, 6.45) is 1.76.